The van der Waals surface area contributed by atoms with E-state index in [0.29, 0.717) is 18.2 Å². The molecular formula is C16H22N8O2S. The molecule has 1 fully saturated rings. The molecule has 27 heavy (non-hydrogen) atoms. The molecule has 11 heteroatoms. The first-order valence-electron chi connectivity index (χ1n) is 8.43. The van der Waals surface area contributed by atoms with E-state index in [-0.39, 0.29) is 17.8 Å². The Labute approximate surface area is 160 Å². The molecule has 3 rings (SSSR count). The molecule has 0 aromatic carbocycles. The van der Waals surface area contributed by atoms with Crippen molar-refractivity contribution < 1.29 is 9.59 Å². The number of nitrogens with one attached hydrogen (secondary N) is 2. The Balaban J connectivity index is 1.77. The fraction of sp³-hybridized carbons (Fsp3) is 0.438. The molecular weight excluding hydrogens is 368 g/mol. The Morgan fingerprint density at radius 1 is 1.41 bits per heavy atom. The summed E-state index contributed by atoms with van der Waals surface area (Å²) in [5, 5.41) is 6.79. The Morgan fingerprint density at radius 2 is 2.19 bits per heavy atom. The molecule has 2 aromatic rings. The van der Waals surface area contributed by atoms with E-state index in [1.807, 2.05) is 17.9 Å². The molecule has 1 aliphatic rings. The Hall–Kier alpha value is -2.95. The summed E-state index contributed by atoms with van der Waals surface area (Å²) < 4.78 is 4.20. The third kappa shape index (κ3) is 4.42. The fourth-order valence-corrected chi connectivity index (χ4v) is 3.39. The van der Waals surface area contributed by atoms with Crippen LogP contribution >= 0.6 is 11.5 Å². The van der Waals surface area contributed by atoms with Crippen LogP contribution in [0.1, 0.15) is 22.6 Å². The van der Waals surface area contributed by atoms with E-state index in [9.17, 15) is 9.59 Å². The molecule has 2 aromatic heterocycles. The number of nitrogens with two attached hydrogens (primary N) is 1. The molecule has 1 saturated heterocycles. The molecule has 0 aliphatic carbocycles. The van der Waals surface area contributed by atoms with Crippen molar-refractivity contribution in [2.24, 2.45) is 5.73 Å². The second-order valence-electron chi connectivity index (χ2n) is 6.52. The van der Waals surface area contributed by atoms with Gasteiger partial charge in [-0.1, -0.05) is 0 Å². The maximum absolute atomic E-state index is 11.8. The number of urea groups is 1. The van der Waals surface area contributed by atoms with Crippen LogP contribution in [0.25, 0.3) is 0 Å². The lowest BCUT2D eigenvalue weighted by Crippen LogP contribution is -2.42. The molecule has 4 N–H and O–H groups in total. The summed E-state index contributed by atoms with van der Waals surface area (Å²) in [5.74, 6) is 0.255. The summed E-state index contributed by atoms with van der Waals surface area (Å²) in [6.45, 7) is 3.22. The molecule has 0 unspecified atom stereocenters. The quantitative estimate of drug-likeness (QED) is 0.692. The van der Waals surface area contributed by atoms with Gasteiger partial charge in [-0.25, -0.2) is 14.8 Å². The number of hydrogen-bond acceptors (Lipinski definition) is 8. The van der Waals surface area contributed by atoms with Gasteiger partial charge in [-0.2, -0.15) is 4.37 Å². The second-order valence-corrected chi connectivity index (χ2v) is 7.33. The summed E-state index contributed by atoms with van der Waals surface area (Å²) in [6.07, 6.45) is 2.33. The maximum Gasteiger partial charge on any atom is 0.317 e. The van der Waals surface area contributed by atoms with E-state index in [2.05, 4.69) is 25.0 Å². The minimum atomic E-state index is -0.657. The lowest BCUT2D eigenvalue weighted by Gasteiger charge is -2.20. The summed E-state index contributed by atoms with van der Waals surface area (Å²) in [4.78, 5) is 35.8. The standard InChI is InChI=1S/C16H22N8O2S/c1-9-6-12(27-22-9)21-15-13(14(17)25)18-7-11(20-15)24-5-4-10(8-24)19-16(26)23(2)3/h6-7,10H,4-5,8H2,1-3H3,(H2,17,25)(H,19,26)(H,20,21)/t10-/m1/s1. The molecule has 10 nitrogen and oxygen atoms in total. The van der Waals surface area contributed by atoms with Gasteiger partial charge in [0.05, 0.1) is 11.9 Å². The van der Waals surface area contributed by atoms with Crippen molar-refractivity contribution in [1.82, 2.24) is 24.6 Å². The lowest BCUT2D eigenvalue weighted by atomic mass is 10.3. The molecule has 1 aliphatic heterocycles. The van der Waals surface area contributed by atoms with Crippen LogP contribution in [0.3, 0.4) is 0 Å². The predicted molar refractivity (Wildman–Crippen MR) is 104 cm³/mol. The van der Waals surface area contributed by atoms with Crippen LogP contribution in [0.5, 0.6) is 0 Å². The van der Waals surface area contributed by atoms with Gasteiger partial charge < -0.3 is 26.2 Å². The summed E-state index contributed by atoms with van der Waals surface area (Å²) in [6, 6.07) is 1.75. The summed E-state index contributed by atoms with van der Waals surface area (Å²) in [7, 11) is 3.41. The number of aromatic nitrogens is 3. The van der Waals surface area contributed by atoms with Crippen molar-refractivity contribution in [3.8, 4) is 0 Å². The van der Waals surface area contributed by atoms with Gasteiger partial charge >= 0.3 is 6.03 Å². The van der Waals surface area contributed by atoms with Gasteiger partial charge in [0.15, 0.2) is 11.5 Å². The van der Waals surface area contributed by atoms with Crippen LogP contribution in [-0.4, -0.2) is 64.4 Å². The van der Waals surface area contributed by atoms with E-state index >= 15 is 0 Å². The average molecular weight is 390 g/mol. The third-order valence-corrected chi connectivity index (χ3v) is 4.90. The van der Waals surface area contributed by atoms with Gasteiger partial charge in [0.1, 0.15) is 10.8 Å². The zero-order valence-electron chi connectivity index (χ0n) is 15.4. The fourth-order valence-electron chi connectivity index (χ4n) is 2.73. The summed E-state index contributed by atoms with van der Waals surface area (Å²) in [5.41, 5.74) is 6.36. The van der Waals surface area contributed by atoms with E-state index < -0.39 is 5.91 Å². The molecule has 0 radical (unpaired) electrons. The normalized spacial score (nSPS) is 16.3. The molecule has 0 saturated carbocycles. The first-order valence-corrected chi connectivity index (χ1v) is 9.20. The van der Waals surface area contributed by atoms with Crippen LogP contribution in [0.15, 0.2) is 12.3 Å². The number of rotatable bonds is 5. The average Bonchev–Trinajstić information content (AvgIpc) is 3.23. The highest BCUT2D eigenvalue weighted by atomic mass is 32.1. The lowest BCUT2D eigenvalue weighted by molar-refractivity contribution is 0.0996. The van der Waals surface area contributed by atoms with Gasteiger partial charge in [-0.15, -0.1) is 0 Å². The van der Waals surface area contributed by atoms with Crippen molar-refractivity contribution >= 4 is 40.1 Å². The Kier molecular flexibility index (Phi) is 5.40. The largest absolute Gasteiger partial charge is 0.364 e. The number of aryl methyl sites for hydroxylation is 1. The van der Waals surface area contributed by atoms with Gasteiger partial charge in [0, 0.05) is 33.2 Å². The first-order chi connectivity index (χ1) is 12.8. The Bertz CT molecular complexity index is 853. The number of primary amides is 1. The third-order valence-electron chi connectivity index (χ3n) is 4.11. The number of carbonyl (C=O) groups excluding carboxylic acids is 2. The van der Waals surface area contributed by atoms with Gasteiger partial charge in [-0.3, -0.25) is 4.79 Å². The minimum Gasteiger partial charge on any atom is -0.364 e. The zero-order chi connectivity index (χ0) is 19.6. The smallest absolute Gasteiger partial charge is 0.317 e. The van der Waals surface area contributed by atoms with E-state index in [0.717, 1.165) is 23.7 Å². The molecule has 144 valence electrons. The van der Waals surface area contributed by atoms with Gasteiger partial charge in [0.25, 0.3) is 5.91 Å². The highest BCUT2D eigenvalue weighted by Gasteiger charge is 2.26. The van der Waals surface area contributed by atoms with Crippen LogP contribution in [0, 0.1) is 6.92 Å². The number of carbonyl (C=O) groups is 2. The van der Waals surface area contributed by atoms with Crippen molar-refractivity contribution in [3.63, 3.8) is 0 Å². The molecule has 0 spiro atoms. The van der Waals surface area contributed by atoms with Crippen LogP contribution in [0.4, 0.5) is 21.4 Å². The monoisotopic (exact) mass is 390 g/mol. The van der Waals surface area contributed by atoms with Crippen molar-refractivity contribution in [3.05, 3.63) is 23.7 Å². The van der Waals surface area contributed by atoms with Gasteiger partial charge in [0.2, 0.25) is 0 Å². The molecule has 0 bridgehead atoms. The first kappa shape index (κ1) is 18.8. The Morgan fingerprint density at radius 3 is 2.81 bits per heavy atom. The van der Waals surface area contributed by atoms with E-state index in [1.54, 1.807) is 14.1 Å². The maximum atomic E-state index is 11.8. The zero-order valence-corrected chi connectivity index (χ0v) is 16.2. The van der Waals surface area contributed by atoms with Crippen molar-refractivity contribution in [1.29, 1.82) is 0 Å². The molecule has 3 amide bonds. The summed E-state index contributed by atoms with van der Waals surface area (Å²) >= 11 is 1.27. The van der Waals surface area contributed by atoms with E-state index in [4.69, 9.17) is 5.73 Å². The SMILES string of the molecule is Cc1cc(Nc2nc(N3CC[C@@H](NC(=O)N(C)C)C3)cnc2C(N)=O)sn1. The predicted octanol–water partition coefficient (Wildman–Crippen LogP) is 0.934. The highest BCUT2D eigenvalue weighted by molar-refractivity contribution is 7.10. The van der Waals surface area contributed by atoms with Crippen LogP contribution in [-0.2, 0) is 0 Å². The number of hydrogen-bond donors (Lipinski definition) is 3. The van der Waals surface area contributed by atoms with Crippen LogP contribution < -0.4 is 21.3 Å². The number of anilines is 3. The topological polar surface area (TPSA) is 129 Å². The number of amides is 3. The molecule has 3 heterocycles. The van der Waals surface area contributed by atoms with Crippen molar-refractivity contribution in [2.45, 2.75) is 19.4 Å². The number of nitrogens with zero attached hydrogens (tertiary/aromatic N) is 5. The minimum absolute atomic E-state index is 0.0260. The van der Waals surface area contributed by atoms with Crippen molar-refractivity contribution in [2.75, 3.05) is 37.4 Å². The van der Waals surface area contributed by atoms with Crippen LogP contribution in [0.2, 0.25) is 0 Å². The van der Waals surface area contributed by atoms with E-state index in [1.165, 1.54) is 22.6 Å². The highest BCUT2D eigenvalue weighted by Crippen LogP contribution is 2.25. The van der Waals surface area contributed by atoms with Gasteiger partial charge in [-0.05, 0) is 30.9 Å². The molecule has 1 atom stereocenters. The second kappa shape index (κ2) is 7.74.